The normalized spacial score (nSPS) is 30.8. The van der Waals surface area contributed by atoms with Crippen LogP contribution in [0.1, 0.15) is 66.2 Å². The molecule has 0 radical (unpaired) electrons. The molecule has 150 valence electrons. The van der Waals surface area contributed by atoms with Gasteiger partial charge in [0.05, 0.1) is 5.41 Å². The van der Waals surface area contributed by atoms with Gasteiger partial charge >= 0.3 is 0 Å². The number of unbranched alkanes of at least 4 members (excludes halogenated alkanes) is 2. The molecule has 27 heavy (non-hydrogen) atoms. The van der Waals surface area contributed by atoms with Crippen LogP contribution in [0.2, 0.25) is 0 Å². The molecule has 0 aromatic carbocycles. The molecule has 4 heteroatoms. The zero-order valence-electron chi connectivity index (χ0n) is 17.3. The molecule has 0 aromatic rings. The smallest absolute Gasteiger partial charge is 0.254 e. The Bertz CT molecular complexity index is 676. The fourth-order valence-corrected chi connectivity index (χ4v) is 4.59. The zero-order chi connectivity index (χ0) is 20.2. The first kappa shape index (κ1) is 21.7. The minimum absolute atomic E-state index is 0.0217. The van der Waals surface area contributed by atoms with Gasteiger partial charge in [-0.15, -0.1) is 0 Å². The summed E-state index contributed by atoms with van der Waals surface area (Å²) < 4.78 is 5.90. The second-order valence-corrected chi connectivity index (χ2v) is 8.80. The Kier molecular flexibility index (Phi) is 7.32. The van der Waals surface area contributed by atoms with Gasteiger partial charge in [-0.3, -0.25) is 0 Å². The van der Waals surface area contributed by atoms with Crippen LogP contribution in [0.5, 0.6) is 0 Å². The van der Waals surface area contributed by atoms with Crippen molar-refractivity contribution >= 4 is 17.4 Å². The van der Waals surface area contributed by atoms with Crippen LogP contribution in [0, 0.1) is 17.3 Å². The summed E-state index contributed by atoms with van der Waals surface area (Å²) in [5.74, 6) is 0.745. The molecule has 3 nitrogen and oxygen atoms in total. The molecule has 0 spiro atoms. The van der Waals surface area contributed by atoms with Gasteiger partial charge in [0.1, 0.15) is 11.9 Å². The molecular formula is C23H35NO2S. The molecule has 2 aliphatic carbocycles. The summed E-state index contributed by atoms with van der Waals surface area (Å²) in [5.41, 5.74) is 8.72. The third-order valence-electron chi connectivity index (χ3n) is 6.22. The molecule has 0 fully saturated rings. The predicted molar refractivity (Wildman–Crippen MR) is 117 cm³/mol. The first-order valence-electron chi connectivity index (χ1n) is 10.1. The lowest BCUT2D eigenvalue weighted by molar-refractivity contribution is 0.0242. The van der Waals surface area contributed by atoms with E-state index in [0.29, 0.717) is 11.7 Å². The Morgan fingerprint density at radius 1 is 1.41 bits per heavy atom. The van der Waals surface area contributed by atoms with Crippen molar-refractivity contribution in [3.63, 3.8) is 0 Å². The number of hydrogen-bond acceptors (Lipinski definition) is 3. The summed E-state index contributed by atoms with van der Waals surface area (Å²) in [4.78, 5) is 0. The molecule has 4 atom stereocenters. The highest BCUT2D eigenvalue weighted by Crippen LogP contribution is 2.51. The van der Waals surface area contributed by atoms with Crippen molar-refractivity contribution in [2.45, 2.75) is 72.3 Å². The summed E-state index contributed by atoms with van der Waals surface area (Å²) in [5, 5.41) is 11.2. The van der Waals surface area contributed by atoms with Gasteiger partial charge in [-0.25, -0.2) is 0 Å². The van der Waals surface area contributed by atoms with Gasteiger partial charge in [0.2, 0.25) is 0 Å². The van der Waals surface area contributed by atoms with Crippen LogP contribution in [0.15, 0.2) is 47.3 Å². The standard InChI is InChI=1S/C23H35NO2S/c1-6-7-8-9-17-13-20(25)23(5,21(14-17)26-22(24)27)19-12-16(4)10-11-18(19)15(2)3/h12-14,18-19,21,25H,2,6-11H2,1,3-5H3,(H2,24,27)/t18-,19+,21?,23?/m0/s1. The number of ether oxygens (including phenoxy) is 1. The van der Waals surface area contributed by atoms with Crippen LogP contribution in [-0.4, -0.2) is 16.4 Å². The molecule has 0 heterocycles. The van der Waals surface area contributed by atoms with E-state index in [2.05, 4.69) is 46.4 Å². The summed E-state index contributed by atoms with van der Waals surface area (Å²) in [6.45, 7) is 12.7. The maximum absolute atomic E-state index is 11.2. The third kappa shape index (κ3) is 4.84. The van der Waals surface area contributed by atoms with E-state index in [4.69, 9.17) is 22.7 Å². The van der Waals surface area contributed by atoms with Crippen LogP contribution in [-0.2, 0) is 4.74 Å². The number of nitrogens with two attached hydrogens (primary N) is 1. The molecule has 0 aliphatic heterocycles. The average Bonchev–Trinajstić information content (AvgIpc) is 2.58. The summed E-state index contributed by atoms with van der Waals surface area (Å²) in [6.07, 6.45) is 12.4. The van der Waals surface area contributed by atoms with E-state index in [0.717, 1.165) is 36.8 Å². The van der Waals surface area contributed by atoms with Crippen LogP contribution in [0.3, 0.4) is 0 Å². The van der Waals surface area contributed by atoms with Crippen molar-refractivity contribution in [2.75, 3.05) is 0 Å². The van der Waals surface area contributed by atoms with Crippen molar-refractivity contribution in [3.05, 3.63) is 47.3 Å². The SMILES string of the molecule is C=C(C)[C@@H]1CCC(C)=C[C@H]1C1(C)C(O)=CC(CCCCC)=CC1OC(N)=S. The summed E-state index contributed by atoms with van der Waals surface area (Å²) >= 11 is 5.06. The van der Waals surface area contributed by atoms with Gasteiger partial charge in [-0.2, -0.15) is 0 Å². The number of allylic oxidation sites excluding steroid dienone is 5. The predicted octanol–water partition coefficient (Wildman–Crippen LogP) is 6.13. The van der Waals surface area contributed by atoms with Gasteiger partial charge in [0, 0.05) is 0 Å². The Hall–Kier alpha value is -1.55. The molecular weight excluding hydrogens is 354 g/mol. The van der Waals surface area contributed by atoms with E-state index in [1.165, 1.54) is 18.4 Å². The molecule has 0 bridgehead atoms. The maximum atomic E-state index is 11.2. The van der Waals surface area contributed by atoms with Gasteiger partial charge in [0.25, 0.3) is 5.17 Å². The molecule has 0 amide bonds. The Morgan fingerprint density at radius 3 is 2.70 bits per heavy atom. The van der Waals surface area contributed by atoms with E-state index in [-0.39, 0.29) is 17.2 Å². The molecule has 2 aliphatic rings. The van der Waals surface area contributed by atoms with Crippen molar-refractivity contribution in [3.8, 4) is 0 Å². The number of aliphatic hydroxyl groups excluding tert-OH is 1. The highest BCUT2D eigenvalue weighted by molar-refractivity contribution is 7.80. The molecule has 2 rings (SSSR count). The Morgan fingerprint density at radius 2 is 2.11 bits per heavy atom. The highest BCUT2D eigenvalue weighted by atomic mass is 32.1. The fraction of sp³-hybridized carbons (Fsp3) is 0.609. The summed E-state index contributed by atoms with van der Waals surface area (Å²) in [6, 6.07) is 0. The summed E-state index contributed by atoms with van der Waals surface area (Å²) in [7, 11) is 0. The van der Waals surface area contributed by atoms with E-state index in [9.17, 15) is 5.11 Å². The highest BCUT2D eigenvalue weighted by Gasteiger charge is 2.50. The van der Waals surface area contributed by atoms with Gasteiger partial charge in [-0.05, 0) is 88.2 Å². The minimum atomic E-state index is -0.622. The quantitative estimate of drug-likeness (QED) is 0.312. The van der Waals surface area contributed by atoms with Crippen molar-refractivity contribution in [1.29, 1.82) is 0 Å². The second-order valence-electron chi connectivity index (χ2n) is 8.40. The molecule has 0 aromatic heterocycles. The number of aliphatic hydroxyl groups is 1. The van der Waals surface area contributed by atoms with Gasteiger partial charge in [-0.1, -0.05) is 43.6 Å². The lowest BCUT2D eigenvalue weighted by Gasteiger charge is -2.47. The van der Waals surface area contributed by atoms with E-state index in [1.54, 1.807) is 0 Å². The molecule has 3 N–H and O–H groups in total. The number of hydrogen-bond donors (Lipinski definition) is 2. The van der Waals surface area contributed by atoms with Crippen molar-refractivity contribution in [1.82, 2.24) is 0 Å². The Labute approximate surface area is 170 Å². The lowest BCUT2D eigenvalue weighted by atomic mass is 9.59. The molecule has 2 unspecified atom stereocenters. The maximum Gasteiger partial charge on any atom is 0.254 e. The van der Waals surface area contributed by atoms with Crippen molar-refractivity contribution < 1.29 is 9.84 Å². The average molecular weight is 390 g/mol. The van der Waals surface area contributed by atoms with Gasteiger partial charge in [0.15, 0.2) is 0 Å². The van der Waals surface area contributed by atoms with Crippen LogP contribution in [0.4, 0.5) is 0 Å². The monoisotopic (exact) mass is 389 g/mol. The van der Waals surface area contributed by atoms with E-state index in [1.807, 2.05) is 6.08 Å². The second kappa shape index (κ2) is 9.09. The van der Waals surface area contributed by atoms with Crippen molar-refractivity contribution in [2.24, 2.45) is 23.0 Å². The lowest BCUT2D eigenvalue weighted by Crippen LogP contribution is -2.47. The largest absolute Gasteiger partial charge is 0.512 e. The van der Waals surface area contributed by atoms with E-state index < -0.39 is 5.41 Å². The fourth-order valence-electron chi connectivity index (χ4n) is 4.48. The molecule has 0 saturated carbocycles. The minimum Gasteiger partial charge on any atom is -0.512 e. The Balaban J connectivity index is 2.44. The number of thiocarbonyl (C=S) groups is 1. The third-order valence-corrected chi connectivity index (χ3v) is 6.31. The first-order valence-corrected chi connectivity index (χ1v) is 10.5. The number of rotatable bonds is 7. The van der Waals surface area contributed by atoms with E-state index >= 15 is 0 Å². The van der Waals surface area contributed by atoms with Crippen LogP contribution >= 0.6 is 12.2 Å². The zero-order valence-corrected chi connectivity index (χ0v) is 18.1. The van der Waals surface area contributed by atoms with Crippen LogP contribution in [0.25, 0.3) is 0 Å². The van der Waals surface area contributed by atoms with Gasteiger partial charge < -0.3 is 15.6 Å². The first-order chi connectivity index (χ1) is 12.7. The molecule has 0 saturated heterocycles. The topological polar surface area (TPSA) is 55.5 Å². The van der Waals surface area contributed by atoms with Crippen LogP contribution < -0.4 is 5.73 Å².